The molecule has 0 saturated heterocycles. The van der Waals surface area contributed by atoms with Crippen molar-refractivity contribution in [1.29, 1.82) is 0 Å². The van der Waals surface area contributed by atoms with Gasteiger partial charge < -0.3 is 13.7 Å². The van der Waals surface area contributed by atoms with E-state index in [0.717, 1.165) is 81.4 Å². The molecule has 0 amide bonds. The predicted octanol–water partition coefficient (Wildman–Crippen LogP) is 15.5. The summed E-state index contributed by atoms with van der Waals surface area (Å²) < 4.78 is 77.8. The number of aromatic nitrogens is 5. The molecule has 0 aliphatic heterocycles. The van der Waals surface area contributed by atoms with Gasteiger partial charge in [0, 0.05) is 65.0 Å². The molecule has 5 nitrogen and oxygen atoms in total. The molecule has 0 aliphatic rings. The highest BCUT2D eigenvalue weighted by atomic mass is 32.1. The van der Waals surface area contributed by atoms with Gasteiger partial charge in [-0.15, -0.1) is 11.3 Å². The van der Waals surface area contributed by atoms with Crippen molar-refractivity contribution in [2.24, 2.45) is 0 Å². The molecule has 0 fully saturated rings. The molecule has 298 valence electrons. The lowest BCUT2D eigenvalue weighted by Gasteiger charge is -2.11. The molecule has 0 aliphatic carbocycles. The SMILES string of the molecule is [2H]c1c([2H])c([2H])c2c(c1[2H])c1c([2H])c([2H])c([2H])c([2H])c1n2-c1ccc2sc3c(-c4cccc(-n5c6ccccc6c6ccc(-c7ccc8c(c7)c7ccccc7n8-c7ccccc7)cc65)c4)ncnc3c2c1. The predicted molar refractivity (Wildman–Crippen MR) is 269 cm³/mol. The molecule has 9 aromatic carbocycles. The van der Waals surface area contributed by atoms with Gasteiger partial charge in [0.25, 0.3) is 0 Å². The molecule has 5 heterocycles. The first-order chi connectivity index (χ1) is 35.1. The van der Waals surface area contributed by atoms with Gasteiger partial charge in [0.15, 0.2) is 0 Å². The van der Waals surface area contributed by atoms with E-state index in [9.17, 15) is 0 Å². The fourth-order valence-corrected chi connectivity index (χ4v) is 11.0. The number of nitrogens with zero attached hydrogens (tertiary/aromatic N) is 5. The first-order valence-electron chi connectivity index (χ1n) is 25.0. The van der Waals surface area contributed by atoms with E-state index in [2.05, 4.69) is 143 Å². The minimum atomic E-state index is -0.479. The number of hydrogen-bond donors (Lipinski definition) is 0. The molecule has 0 unspecified atom stereocenters. The van der Waals surface area contributed by atoms with Crippen LogP contribution in [0.2, 0.25) is 0 Å². The summed E-state index contributed by atoms with van der Waals surface area (Å²) in [6, 6.07) is 51.7. The third kappa shape index (κ3) is 5.11. The van der Waals surface area contributed by atoms with Gasteiger partial charge in [-0.1, -0.05) is 121 Å². The lowest BCUT2D eigenvalue weighted by molar-refractivity contribution is 1.17. The molecule has 14 aromatic rings. The van der Waals surface area contributed by atoms with Crippen LogP contribution in [0.3, 0.4) is 0 Å². The fraction of sp³-hybridized carbons (Fsp3) is 0. The van der Waals surface area contributed by atoms with Crippen molar-refractivity contribution in [3.05, 3.63) is 212 Å². The number of hydrogen-bond acceptors (Lipinski definition) is 3. The Labute approximate surface area is 382 Å². The summed E-state index contributed by atoms with van der Waals surface area (Å²) in [5.41, 5.74) is 11.7. The monoisotopic (exact) mass is 841 g/mol. The van der Waals surface area contributed by atoms with Crippen LogP contribution in [0, 0.1) is 0 Å². The number of benzene rings is 9. The zero-order chi connectivity index (χ0) is 48.8. The lowest BCUT2D eigenvalue weighted by Crippen LogP contribution is -1.95. The third-order valence-electron chi connectivity index (χ3n) is 12.6. The van der Waals surface area contributed by atoms with Gasteiger partial charge in [-0.3, -0.25) is 0 Å². The third-order valence-corrected chi connectivity index (χ3v) is 13.8. The Bertz CT molecular complexity index is 4610. The molecule has 6 heteroatoms. The summed E-state index contributed by atoms with van der Waals surface area (Å²) in [6.45, 7) is 0. The van der Waals surface area contributed by atoms with E-state index in [4.69, 9.17) is 20.9 Å². The average molecular weight is 842 g/mol. The highest BCUT2D eigenvalue weighted by Gasteiger charge is 2.19. The van der Waals surface area contributed by atoms with Crippen LogP contribution < -0.4 is 0 Å². The van der Waals surface area contributed by atoms with E-state index in [0.29, 0.717) is 11.2 Å². The molecular formula is C58H35N5S. The highest BCUT2D eigenvalue weighted by Crippen LogP contribution is 2.42. The van der Waals surface area contributed by atoms with Crippen LogP contribution in [-0.4, -0.2) is 23.7 Å². The van der Waals surface area contributed by atoms with E-state index < -0.39 is 24.2 Å². The first-order valence-corrected chi connectivity index (χ1v) is 21.8. The molecule has 0 atom stereocenters. The van der Waals surface area contributed by atoms with Gasteiger partial charge in [-0.05, 0) is 96.0 Å². The van der Waals surface area contributed by atoms with Crippen molar-refractivity contribution in [2.75, 3.05) is 0 Å². The molecule has 5 aromatic heterocycles. The van der Waals surface area contributed by atoms with Crippen molar-refractivity contribution >= 4 is 97.1 Å². The van der Waals surface area contributed by atoms with Gasteiger partial charge in [-0.2, -0.15) is 0 Å². The average Bonchev–Trinajstić information content (AvgIpc) is 4.17. The maximum absolute atomic E-state index is 9.02. The maximum Gasteiger partial charge on any atom is 0.116 e. The van der Waals surface area contributed by atoms with E-state index >= 15 is 0 Å². The van der Waals surface area contributed by atoms with Gasteiger partial charge in [0.05, 0.1) is 60.0 Å². The Morgan fingerprint density at radius 2 is 0.984 bits per heavy atom. The summed E-state index contributed by atoms with van der Waals surface area (Å²) in [7, 11) is 0. The minimum Gasteiger partial charge on any atom is -0.309 e. The topological polar surface area (TPSA) is 40.6 Å². The first kappa shape index (κ1) is 28.3. The van der Waals surface area contributed by atoms with Crippen molar-refractivity contribution in [3.63, 3.8) is 0 Å². The second-order valence-electron chi connectivity index (χ2n) is 16.0. The van der Waals surface area contributed by atoms with Crippen LogP contribution in [0.4, 0.5) is 0 Å². The second-order valence-corrected chi connectivity index (χ2v) is 17.1. The molecule has 0 radical (unpaired) electrons. The molecule has 0 saturated carbocycles. The van der Waals surface area contributed by atoms with Crippen molar-refractivity contribution in [2.45, 2.75) is 0 Å². The zero-order valence-electron chi connectivity index (χ0n) is 41.7. The van der Waals surface area contributed by atoms with E-state index in [1.807, 2.05) is 24.3 Å². The molecule has 0 bridgehead atoms. The molecule has 0 spiro atoms. The summed E-state index contributed by atoms with van der Waals surface area (Å²) >= 11 is 1.54. The van der Waals surface area contributed by atoms with E-state index in [1.165, 1.54) is 26.7 Å². The van der Waals surface area contributed by atoms with Crippen LogP contribution in [0.15, 0.2) is 212 Å². The normalized spacial score (nSPS) is 13.8. The van der Waals surface area contributed by atoms with E-state index in [1.54, 1.807) is 6.33 Å². The molecule has 64 heavy (non-hydrogen) atoms. The Morgan fingerprint density at radius 1 is 0.375 bits per heavy atom. The molecular weight excluding hydrogens is 799 g/mol. The number of rotatable bonds is 5. The Kier molecular flexibility index (Phi) is 6.01. The Hall–Kier alpha value is -8.32. The lowest BCUT2D eigenvalue weighted by atomic mass is 10.0. The van der Waals surface area contributed by atoms with Crippen LogP contribution in [0.1, 0.15) is 11.0 Å². The Morgan fingerprint density at radius 3 is 1.78 bits per heavy atom. The van der Waals surface area contributed by atoms with Crippen molar-refractivity contribution in [3.8, 4) is 39.4 Å². The molecule has 0 N–H and O–H groups in total. The van der Waals surface area contributed by atoms with E-state index in [-0.39, 0.29) is 46.0 Å². The highest BCUT2D eigenvalue weighted by molar-refractivity contribution is 7.26. The minimum absolute atomic E-state index is 0.0345. The number of para-hydroxylation sites is 5. The number of thiophene rings is 1. The quantitative estimate of drug-likeness (QED) is 0.173. The van der Waals surface area contributed by atoms with Crippen molar-refractivity contribution < 1.29 is 11.0 Å². The Balaban J connectivity index is 0.918. The van der Waals surface area contributed by atoms with Gasteiger partial charge in [-0.25, -0.2) is 9.97 Å². The summed E-state index contributed by atoms with van der Waals surface area (Å²) in [4.78, 5) is 9.69. The molecule has 14 rings (SSSR count). The van der Waals surface area contributed by atoms with Gasteiger partial charge in [0.1, 0.15) is 6.33 Å². The number of fused-ring (bicyclic) bond motifs is 12. The standard InChI is InChI=1S/C58H35N5S/c1-2-14-39(15-3-1)61-52-24-11-7-20-45(52)47-32-36(26-29-53(47)61)37-25-28-46-44-19-6-10-23-51(44)63(54(46)33-37)40-16-12-13-38(31-40)56-58-57(60-35-59-56)48-34-41(27-30-55(48)64-58)62-49-21-8-4-17-42(49)43-18-5-9-22-50(43)62/h1-35H/i4D,5D,8D,9D,17D,18D,21D,22D. The fourth-order valence-electron chi connectivity index (χ4n) is 9.82. The van der Waals surface area contributed by atoms with Crippen LogP contribution in [0.5, 0.6) is 0 Å². The van der Waals surface area contributed by atoms with Crippen LogP contribution >= 0.6 is 11.3 Å². The largest absolute Gasteiger partial charge is 0.309 e. The van der Waals surface area contributed by atoms with Crippen LogP contribution in [0.25, 0.3) is 125 Å². The summed E-state index contributed by atoms with van der Waals surface area (Å²) in [5, 5.41) is 5.50. The second kappa shape index (κ2) is 13.6. The summed E-state index contributed by atoms with van der Waals surface area (Å²) in [5.74, 6) is 0. The van der Waals surface area contributed by atoms with Gasteiger partial charge in [0.2, 0.25) is 0 Å². The maximum atomic E-state index is 9.02. The smallest absolute Gasteiger partial charge is 0.116 e. The van der Waals surface area contributed by atoms with Crippen molar-refractivity contribution in [1.82, 2.24) is 23.7 Å². The summed E-state index contributed by atoms with van der Waals surface area (Å²) in [6.07, 6.45) is 1.55. The zero-order valence-corrected chi connectivity index (χ0v) is 34.5. The van der Waals surface area contributed by atoms with Crippen LogP contribution in [-0.2, 0) is 0 Å². The van der Waals surface area contributed by atoms with Gasteiger partial charge >= 0.3 is 0 Å².